The van der Waals surface area contributed by atoms with Gasteiger partial charge in [-0.3, -0.25) is 9.71 Å². The first-order valence-electron chi connectivity index (χ1n) is 11.3. The Bertz CT molecular complexity index is 1540. The summed E-state index contributed by atoms with van der Waals surface area (Å²) in [6.45, 7) is 0. The van der Waals surface area contributed by atoms with E-state index in [0.29, 0.717) is 28.0 Å². The minimum Gasteiger partial charge on any atom is -0.494 e. The molecule has 0 bridgehead atoms. The number of hydrogen-bond acceptors (Lipinski definition) is 6. The van der Waals surface area contributed by atoms with Gasteiger partial charge in [0.05, 0.1) is 30.8 Å². The van der Waals surface area contributed by atoms with Crippen LogP contribution in [0.3, 0.4) is 0 Å². The molecule has 4 aromatic rings. The molecule has 2 N–H and O–H groups in total. The van der Waals surface area contributed by atoms with Gasteiger partial charge in [-0.05, 0) is 60.7 Å². The van der Waals surface area contributed by atoms with Crippen molar-refractivity contribution >= 4 is 54.7 Å². The molecule has 2 aromatic heterocycles. The van der Waals surface area contributed by atoms with Gasteiger partial charge >= 0.3 is 0 Å². The number of ether oxygens (including phenoxy) is 1. The largest absolute Gasteiger partial charge is 0.494 e. The molecule has 0 amide bonds. The molecule has 1 aliphatic rings. The van der Waals surface area contributed by atoms with Crippen molar-refractivity contribution in [1.82, 2.24) is 10.3 Å². The quantitative estimate of drug-likeness (QED) is 0.263. The van der Waals surface area contributed by atoms with Crippen LogP contribution in [0.2, 0.25) is 0 Å². The van der Waals surface area contributed by atoms with Gasteiger partial charge < -0.3 is 19.4 Å². The SMILES string of the molecule is COc1cc(N2C(=S)NC(c3ccccn3)C2c2ccc(-c3ccc(Br)cc3)o2)ccc1NS(C)(=O)=O. The Kier molecular flexibility index (Phi) is 6.93. The van der Waals surface area contributed by atoms with Crippen LogP contribution in [0, 0.1) is 0 Å². The van der Waals surface area contributed by atoms with Gasteiger partial charge in [0.15, 0.2) is 5.11 Å². The number of sulfonamides is 1. The van der Waals surface area contributed by atoms with Crippen molar-refractivity contribution in [3.8, 4) is 17.1 Å². The Hall–Kier alpha value is -3.41. The molecule has 190 valence electrons. The fraction of sp³-hybridized carbons (Fsp3) is 0.154. The number of furan rings is 1. The number of anilines is 2. The van der Waals surface area contributed by atoms with Gasteiger partial charge in [-0.1, -0.05) is 34.1 Å². The van der Waals surface area contributed by atoms with E-state index in [9.17, 15) is 8.42 Å². The first-order valence-corrected chi connectivity index (χ1v) is 14.3. The number of rotatable bonds is 7. The van der Waals surface area contributed by atoms with Crippen LogP contribution in [-0.4, -0.2) is 31.9 Å². The van der Waals surface area contributed by atoms with E-state index >= 15 is 0 Å². The van der Waals surface area contributed by atoms with Crippen LogP contribution in [-0.2, 0) is 10.0 Å². The second-order valence-corrected chi connectivity index (χ2v) is 11.5. The smallest absolute Gasteiger partial charge is 0.229 e. The van der Waals surface area contributed by atoms with E-state index in [-0.39, 0.29) is 12.1 Å². The predicted octanol–water partition coefficient (Wildman–Crippen LogP) is 5.66. The highest BCUT2D eigenvalue weighted by Gasteiger charge is 2.42. The molecule has 3 heterocycles. The minimum absolute atomic E-state index is 0.294. The molecule has 0 radical (unpaired) electrons. The monoisotopic (exact) mass is 598 g/mol. The van der Waals surface area contributed by atoms with Crippen LogP contribution in [0.1, 0.15) is 23.5 Å². The lowest BCUT2D eigenvalue weighted by molar-refractivity contribution is 0.416. The Labute approximate surface area is 228 Å². The van der Waals surface area contributed by atoms with E-state index < -0.39 is 10.0 Å². The lowest BCUT2D eigenvalue weighted by Gasteiger charge is -2.26. The summed E-state index contributed by atoms with van der Waals surface area (Å²) in [6.07, 6.45) is 2.83. The molecule has 5 rings (SSSR count). The number of methoxy groups -OCH3 is 1. The normalized spacial score (nSPS) is 17.5. The molecular weight excluding hydrogens is 576 g/mol. The molecule has 2 atom stereocenters. The number of benzene rings is 2. The summed E-state index contributed by atoms with van der Waals surface area (Å²) in [6, 6.07) is 22.0. The lowest BCUT2D eigenvalue weighted by Crippen LogP contribution is -2.29. The molecule has 2 aromatic carbocycles. The van der Waals surface area contributed by atoms with Crippen molar-refractivity contribution < 1.29 is 17.6 Å². The molecule has 0 aliphatic carbocycles. The average Bonchev–Trinajstić information content (AvgIpc) is 3.49. The van der Waals surface area contributed by atoms with Crippen LogP contribution in [0.5, 0.6) is 5.75 Å². The zero-order chi connectivity index (χ0) is 26.2. The van der Waals surface area contributed by atoms with Gasteiger partial charge in [-0.25, -0.2) is 8.42 Å². The minimum atomic E-state index is -3.49. The van der Waals surface area contributed by atoms with Crippen LogP contribution >= 0.6 is 28.1 Å². The second kappa shape index (κ2) is 10.2. The van der Waals surface area contributed by atoms with Gasteiger partial charge in [0, 0.05) is 28.0 Å². The predicted molar refractivity (Wildman–Crippen MR) is 151 cm³/mol. The summed E-state index contributed by atoms with van der Waals surface area (Å²) >= 11 is 9.25. The second-order valence-electron chi connectivity index (χ2n) is 8.46. The number of hydrogen-bond donors (Lipinski definition) is 2. The van der Waals surface area contributed by atoms with Crippen LogP contribution in [0.15, 0.2) is 87.9 Å². The molecule has 1 aliphatic heterocycles. The van der Waals surface area contributed by atoms with E-state index in [1.807, 2.05) is 59.5 Å². The maximum atomic E-state index is 11.8. The molecular formula is C26H23BrN4O4S2. The topological polar surface area (TPSA) is 96.7 Å². The molecule has 11 heteroatoms. The first kappa shape index (κ1) is 25.2. The first-order chi connectivity index (χ1) is 17.7. The maximum Gasteiger partial charge on any atom is 0.229 e. The van der Waals surface area contributed by atoms with E-state index in [4.69, 9.17) is 21.4 Å². The molecule has 0 spiro atoms. The van der Waals surface area contributed by atoms with Gasteiger partial charge in [0.1, 0.15) is 23.3 Å². The maximum absolute atomic E-state index is 11.8. The van der Waals surface area contributed by atoms with Crippen molar-refractivity contribution in [2.45, 2.75) is 12.1 Å². The van der Waals surface area contributed by atoms with E-state index in [0.717, 1.165) is 27.7 Å². The third kappa shape index (κ3) is 5.34. The standard InChI is InChI=1S/C26H23BrN4O4S2/c1-34-23-15-18(10-11-19(23)30-37(2,32)33)31-25(24(29-26(31)36)20-5-3-4-14-28-20)22-13-12-21(35-22)16-6-8-17(27)9-7-16/h3-15,24-25,30H,1-2H3,(H,29,36). The highest BCUT2D eigenvalue weighted by molar-refractivity contribution is 9.10. The molecule has 2 unspecified atom stereocenters. The highest BCUT2D eigenvalue weighted by Crippen LogP contribution is 2.44. The zero-order valence-corrected chi connectivity index (χ0v) is 23.1. The van der Waals surface area contributed by atoms with E-state index in [2.05, 4.69) is 31.0 Å². The number of nitrogens with zero attached hydrogens (tertiary/aromatic N) is 2. The number of thiocarbonyl (C=S) groups is 1. The number of pyridine rings is 1. The van der Waals surface area contributed by atoms with Crippen LogP contribution in [0.4, 0.5) is 11.4 Å². The summed E-state index contributed by atoms with van der Waals surface area (Å²) < 4.78 is 39.0. The Morgan fingerprint density at radius 3 is 2.57 bits per heavy atom. The third-order valence-electron chi connectivity index (χ3n) is 5.90. The van der Waals surface area contributed by atoms with E-state index in [1.54, 1.807) is 24.4 Å². The third-order valence-corrected chi connectivity index (χ3v) is 7.34. The average molecular weight is 600 g/mol. The Morgan fingerprint density at radius 1 is 1.11 bits per heavy atom. The number of halogens is 1. The summed E-state index contributed by atoms with van der Waals surface area (Å²) in [5.41, 5.74) is 2.79. The van der Waals surface area contributed by atoms with Crippen molar-refractivity contribution in [2.24, 2.45) is 0 Å². The van der Waals surface area contributed by atoms with Gasteiger partial charge in [0.2, 0.25) is 10.0 Å². The molecule has 8 nitrogen and oxygen atoms in total. The Balaban J connectivity index is 1.59. The van der Waals surface area contributed by atoms with Crippen molar-refractivity contribution in [2.75, 3.05) is 23.0 Å². The van der Waals surface area contributed by atoms with Crippen molar-refractivity contribution in [3.63, 3.8) is 0 Å². The van der Waals surface area contributed by atoms with Crippen LogP contribution in [0.25, 0.3) is 11.3 Å². The van der Waals surface area contributed by atoms with Crippen LogP contribution < -0.4 is 19.7 Å². The summed E-state index contributed by atoms with van der Waals surface area (Å²) in [7, 11) is -2.00. The van der Waals surface area contributed by atoms with Gasteiger partial charge in [-0.2, -0.15) is 0 Å². The summed E-state index contributed by atoms with van der Waals surface area (Å²) in [4.78, 5) is 6.50. The Morgan fingerprint density at radius 2 is 1.89 bits per heavy atom. The number of aromatic nitrogens is 1. The number of nitrogens with one attached hydrogen (secondary N) is 2. The fourth-order valence-corrected chi connectivity index (χ4v) is 5.50. The summed E-state index contributed by atoms with van der Waals surface area (Å²) in [5.74, 6) is 1.78. The van der Waals surface area contributed by atoms with Crippen molar-refractivity contribution in [3.05, 3.63) is 94.9 Å². The zero-order valence-electron chi connectivity index (χ0n) is 19.9. The summed E-state index contributed by atoms with van der Waals surface area (Å²) in [5, 5.41) is 3.87. The van der Waals surface area contributed by atoms with Crippen molar-refractivity contribution in [1.29, 1.82) is 0 Å². The lowest BCUT2D eigenvalue weighted by atomic mass is 10.0. The molecule has 1 fully saturated rings. The van der Waals surface area contributed by atoms with Gasteiger partial charge in [0.25, 0.3) is 0 Å². The van der Waals surface area contributed by atoms with Gasteiger partial charge in [-0.15, -0.1) is 0 Å². The fourth-order valence-electron chi connectivity index (χ4n) is 4.32. The highest BCUT2D eigenvalue weighted by atomic mass is 79.9. The molecule has 0 saturated carbocycles. The molecule has 1 saturated heterocycles. The molecule has 37 heavy (non-hydrogen) atoms. The van der Waals surface area contributed by atoms with E-state index in [1.165, 1.54) is 7.11 Å².